The van der Waals surface area contributed by atoms with E-state index in [4.69, 9.17) is 14.6 Å². The van der Waals surface area contributed by atoms with Crippen LogP contribution in [0.25, 0.3) is 11.1 Å². The van der Waals surface area contributed by atoms with E-state index >= 15 is 0 Å². The number of aliphatic carboxylic acids is 1. The molecule has 3 aromatic carbocycles. The summed E-state index contributed by atoms with van der Waals surface area (Å²) in [6, 6.07) is 17.8. The average molecular weight is 507 g/mol. The zero-order valence-corrected chi connectivity index (χ0v) is 21.3. The summed E-state index contributed by atoms with van der Waals surface area (Å²) in [6.07, 6.45) is 6.75. The van der Waals surface area contributed by atoms with Crippen LogP contribution in [0.2, 0.25) is 0 Å². The molecule has 6 heteroatoms. The molecule has 0 bridgehead atoms. The summed E-state index contributed by atoms with van der Waals surface area (Å²) < 4.78 is 26.4. The van der Waals surface area contributed by atoms with Gasteiger partial charge in [-0.2, -0.15) is 0 Å². The van der Waals surface area contributed by atoms with Crippen LogP contribution in [0.3, 0.4) is 0 Å². The molecule has 1 fully saturated rings. The third-order valence-corrected chi connectivity index (χ3v) is 7.14. The summed E-state index contributed by atoms with van der Waals surface area (Å²) in [7, 11) is 1.59. The van der Waals surface area contributed by atoms with Crippen molar-refractivity contribution in [3.05, 3.63) is 83.2 Å². The summed E-state index contributed by atoms with van der Waals surface area (Å²) in [5.41, 5.74) is 4.05. The molecule has 4 rings (SSSR count). The summed E-state index contributed by atoms with van der Waals surface area (Å²) in [5, 5.41) is 19.1. The highest BCUT2D eigenvalue weighted by atomic mass is 19.1. The molecule has 2 N–H and O–H groups in total. The minimum atomic E-state index is -1.09. The van der Waals surface area contributed by atoms with Gasteiger partial charge < -0.3 is 19.7 Å². The van der Waals surface area contributed by atoms with Gasteiger partial charge in [-0.15, -0.1) is 0 Å². The van der Waals surface area contributed by atoms with Crippen molar-refractivity contribution in [2.75, 3.05) is 7.11 Å². The first-order chi connectivity index (χ1) is 17.9. The van der Waals surface area contributed by atoms with Crippen LogP contribution in [-0.2, 0) is 11.4 Å². The molecule has 1 saturated carbocycles. The molecule has 0 unspecified atom stereocenters. The predicted octanol–water partition coefficient (Wildman–Crippen LogP) is 7.42. The fraction of sp³-hybridized carbons (Fsp3) is 0.387. The van der Waals surface area contributed by atoms with Gasteiger partial charge in [0.25, 0.3) is 0 Å². The van der Waals surface area contributed by atoms with Crippen molar-refractivity contribution in [1.82, 2.24) is 0 Å². The molecule has 1 atom stereocenters. The Morgan fingerprint density at radius 2 is 1.70 bits per heavy atom. The summed E-state index contributed by atoms with van der Waals surface area (Å²) in [5.74, 6) is 0.187. The first kappa shape index (κ1) is 26.7. The molecular formula is C31H35FO5. The van der Waals surface area contributed by atoms with Crippen LogP contribution < -0.4 is 9.47 Å². The lowest BCUT2D eigenvalue weighted by atomic mass is 9.81. The highest BCUT2D eigenvalue weighted by Gasteiger charge is 2.21. The Kier molecular flexibility index (Phi) is 9.18. The second kappa shape index (κ2) is 12.7. The summed E-state index contributed by atoms with van der Waals surface area (Å²) in [6.45, 7) is 0.305. The van der Waals surface area contributed by atoms with Gasteiger partial charge in [-0.1, -0.05) is 62.4 Å². The smallest absolute Gasteiger partial charge is 0.306 e. The third-order valence-electron chi connectivity index (χ3n) is 7.14. The number of hydrogen-bond acceptors (Lipinski definition) is 4. The molecule has 1 aliphatic rings. The van der Waals surface area contributed by atoms with E-state index in [0.29, 0.717) is 35.2 Å². The van der Waals surface area contributed by atoms with Crippen molar-refractivity contribution in [2.24, 2.45) is 0 Å². The monoisotopic (exact) mass is 506 g/mol. The van der Waals surface area contributed by atoms with E-state index in [1.165, 1.54) is 25.3 Å². The first-order valence-corrected chi connectivity index (χ1v) is 13.0. The fourth-order valence-electron chi connectivity index (χ4n) is 5.15. The van der Waals surface area contributed by atoms with Gasteiger partial charge in [0.15, 0.2) is 0 Å². The Balaban J connectivity index is 1.62. The molecule has 0 radical (unpaired) electrons. The zero-order valence-electron chi connectivity index (χ0n) is 21.3. The van der Waals surface area contributed by atoms with Gasteiger partial charge in [0.05, 0.1) is 19.6 Å². The van der Waals surface area contributed by atoms with E-state index in [-0.39, 0.29) is 12.2 Å². The maximum Gasteiger partial charge on any atom is 0.306 e. The van der Waals surface area contributed by atoms with Gasteiger partial charge in [0.1, 0.15) is 23.9 Å². The summed E-state index contributed by atoms with van der Waals surface area (Å²) in [4.78, 5) is 10.9. The van der Waals surface area contributed by atoms with E-state index < -0.39 is 12.1 Å². The van der Waals surface area contributed by atoms with E-state index in [9.17, 15) is 14.3 Å². The number of ether oxygens (including phenoxy) is 2. The molecule has 3 aromatic rings. The minimum Gasteiger partial charge on any atom is -0.497 e. The Bertz CT molecular complexity index is 1200. The average Bonchev–Trinajstić information content (AvgIpc) is 2.87. The van der Waals surface area contributed by atoms with Gasteiger partial charge in [-0.3, -0.25) is 4.79 Å². The normalized spacial score (nSPS) is 15.4. The maximum absolute atomic E-state index is 15.0. The van der Waals surface area contributed by atoms with Crippen LogP contribution in [0.1, 0.15) is 80.1 Å². The van der Waals surface area contributed by atoms with Crippen LogP contribution in [0.4, 0.5) is 4.39 Å². The Labute approximate surface area is 217 Å². The second-order valence-electron chi connectivity index (χ2n) is 9.78. The molecule has 37 heavy (non-hydrogen) atoms. The molecule has 5 nitrogen and oxygen atoms in total. The number of aliphatic hydroxyl groups excluding tert-OH is 1. The molecule has 0 amide bonds. The lowest BCUT2D eigenvalue weighted by Crippen LogP contribution is -2.07. The number of halogens is 1. The fourth-order valence-corrected chi connectivity index (χ4v) is 5.15. The molecule has 0 aliphatic heterocycles. The highest BCUT2D eigenvalue weighted by molar-refractivity contribution is 5.71. The SMILES string of the molecule is COc1ccc(F)c(-c2ccc(COc3cccc([C@H](O)CC(=O)O)c3)cc2C2CCCCCCC2)c1. The number of carbonyl (C=O) groups is 1. The number of benzene rings is 3. The molecular weight excluding hydrogens is 471 g/mol. The largest absolute Gasteiger partial charge is 0.497 e. The highest BCUT2D eigenvalue weighted by Crippen LogP contribution is 2.39. The molecule has 0 heterocycles. The lowest BCUT2D eigenvalue weighted by molar-refractivity contribution is -0.139. The van der Waals surface area contributed by atoms with Crippen molar-refractivity contribution in [3.8, 4) is 22.6 Å². The first-order valence-electron chi connectivity index (χ1n) is 13.0. The van der Waals surface area contributed by atoms with Gasteiger partial charge >= 0.3 is 5.97 Å². The molecule has 196 valence electrons. The number of hydrogen-bond donors (Lipinski definition) is 2. The standard InChI is InChI=1S/C31H35FO5/c1-36-24-13-15-29(32)28(18-24)26-14-12-21(16-27(26)22-8-5-3-2-4-6-9-22)20-37-25-11-7-10-23(17-25)30(33)19-31(34)35/h7,10-18,22,30,33H,2-6,8-9,19-20H2,1H3,(H,34,35)/t30-/m1/s1. The van der Waals surface area contributed by atoms with Gasteiger partial charge in [0.2, 0.25) is 0 Å². The number of carboxylic acid groups (broad SMARTS) is 1. The van der Waals surface area contributed by atoms with Crippen LogP contribution in [0.15, 0.2) is 60.7 Å². The number of methoxy groups -OCH3 is 1. The zero-order chi connectivity index (χ0) is 26.2. The molecule has 0 aromatic heterocycles. The van der Waals surface area contributed by atoms with Gasteiger partial charge in [0, 0.05) is 5.56 Å². The molecule has 0 spiro atoms. The molecule has 0 saturated heterocycles. The van der Waals surface area contributed by atoms with Crippen molar-refractivity contribution in [3.63, 3.8) is 0 Å². The Morgan fingerprint density at radius 1 is 0.946 bits per heavy atom. The van der Waals surface area contributed by atoms with E-state index in [1.54, 1.807) is 43.5 Å². The minimum absolute atomic E-state index is 0.270. The number of carboxylic acids is 1. The van der Waals surface area contributed by atoms with Crippen molar-refractivity contribution >= 4 is 5.97 Å². The summed E-state index contributed by atoms with van der Waals surface area (Å²) >= 11 is 0. The maximum atomic E-state index is 15.0. The van der Waals surface area contributed by atoms with Gasteiger partial charge in [-0.05, 0) is 71.3 Å². The van der Waals surface area contributed by atoms with Gasteiger partial charge in [-0.25, -0.2) is 4.39 Å². The number of rotatable bonds is 9. The van der Waals surface area contributed by atoms with Crippen LogP contribution in [0, 0.1) is 5.82 Å². The van der Waals surface area contributed by atoms with Crippen LogP contribution in [-0.4, -0.2) is 23.3 Å². The lowest BCUT2D eigenvalue weighted by Gasteiger charge is -2.24. The predicted molar refractivity (Wildman–Crippen MR) is 141 cm³/mol. The Morgan fingerprint density at radius 3 is 2.43 bits per heavy atom. The van der Waals surface area contributed by atoms with Crippen molar-refractivity contribution in [2.45, 2.75) is 70.0 Å². The van der Waals surface area contributed by atoms with Crippen LogP contribution >= 0.6 is 0 Å². The van der Waals surface area contributed by atoms with Crippen molar-refractivity contribution in [1.29, 1.82) is 0 Å². The quantitative estimate of drug-likeness (QED) is 0.316. The number of aliphatic hydroxyl groups is 1. The third kappa shape index (κ3) is 7.10. The van der Waals surface area contributed by atoms with E-state index in [1.807, 2.05) is 12.1 Å². The van der Waals surface area contributed by atoms with Crippen molar-refractivity contribution < 1.29 is 28.9 Å². The molecule has 1 aliphatic carbocycles. The Hall–Kier alpha value is -3.38. The topological polar surface area (TPSA) is 76.0 Å². The van der Waals surface area contributed by atoms with E-state index in [2.05, 4.69) is 6.07 Å². The second-order valence-corrected chi connectivity index (χ2v) is 9.78. The van der Waals surface area contributed by atoms with Crippen LogP contribution in [0.5, 0.6) is 11.5 Å². The van der Waals surface area contributed by atoms with E-state index in [0.717, 1.165) is 42.4 Å².